The van der Waals surface area contributed by atoms with Crippen molar-refractivity contribution in [1.82, 2.24) is 4.90 Å². The number of hydrogen-bond acceptors (Lipinski definition) is 3. The number of hydrogen-bond donors (Lipinski definition) is 2. The normalized spacial score (nSPS) is 15.2. The number of carbonyl (C=O) groups excluding carboxylic acids is 1. The molecule has 25 heavy (non-hydrogen) atoms. The first-order valence-corrected chi connectivity index (χ1v) is 8.84. The molecule has 1 aliphatic rings. The zero-order chi connectivity index (χ0) is 17.6. The van der Waals surface area contributed by atoms with Gasteiger partial charge in [-0.1, -0.05) is 18.2 Å². The number of nitrogens with one attached hydrogen (secondary N) is 2. The maximum absolute atomic E-state index is 12.0. The van der Waals surface area contributed by atoms with Gasteiger partial charge >= 0.3 is 6.03 Å². The summed E-state index contributed by atoms with van der Waals surface area (Å²) < 4.78 is 0. The zero-order valence-electron chi connectivity index (χ0n) is 14.9. The Morgan fingerprint density at radius 1 is 0.840 bits per heavy atom. The van der Waals surface area contributed by atoms with Crippen LogP contribution >= 0.6 is 0 Å². The molecule has 0 aliphatic carbocycles. The van der Waals surface area contributed by atoms with Crippen molar-refractivity contribution in [1.29, 1.82) is 0 Å². The van der Waals surface area contributed by atoms with Gasteiger partial charge in [0.25, 0.3) is 0 Å². The molecule has 3 rings (SSSR count). The van der Waals surface area contributed by atoms with Gasteiger partial charge in [-0.25, -0.2) is 4.79 Å². The van der Waals surface area contributed by atoms with Crippen molar-refractivity contribution in [2.24, 2.45) is 0 Å². The monoisotopic (exact) mass is 338 g/mol. The van der Waals surface area contributed by atoms with Crippen LogP contribution in [0, 0.1) is 0 Å². The van der Waals surface area contributed by atoms with Gasteiger partial charge < -0.3 is 15.5 Å². The lowest BCUT2D eigenvalue weighted by Crippen LogP contribution is -2.48. The summed E-state index contributed by atoms with van der Waals surface area (Å²) in [4.78, 5) is 16.9. The van der Waals surface area contributed by atoms with Crippen LogP contribution in [-0.2, 0) is 0 Å². The number of piperazine rings is 1. The Kier molecular flexibility index (Phi) is 5.56. The first-order chi connectivity index (χ1) is 12.1. The summed E-state index contributed by atoms with van der Waals surface area (Å²) in [5, 5.41) is 5.68. The molecular formula is C20H26N4O. The van der Waals surface area contributed by atoms with Gasteiger partial charge in [-0.15, -0.1) is 0 Å². The lowest BCUT2D eigenvalue weighted by Gasteiger charge is -2.38. The Bertz CT molecular complexity index is 677. The summed E-state index contributed by atoms with van der Waals surface area (Å²) in [6, 6.07) is 17.9. The van der Waals surface area contributed by atoms with E-state index in [1.54, 1.807) is 0 Å². The topological polar surface area (TPSA) is 47.6 Å². The van der Waals surface area contributed by atoms with E-state index in [9.17, 15) is 4.79 Å². The zero-order valence-corrected chi connectivity index (χ0v) is 14.9. The van der Waals surface area contributed by atoms with E-state index in [-0.39, 0.29) is 6.03 Å². The molecule has 5 heteroatoms. The standard InChI is InChI=1S/C20H26N4O/c1-16(2)23-12-14-24(15-13-23)19-10-8-18(9-11-19)22-20(25)21-17-6-4-3-5-7-17/h3-11,16H,12-15H2,1-2H3,(H2,21,22,25). The maximum atomic E-state index is 12.0. The molecule has 0 aromatic heterocycles. The van der Waals surface area contributed by atoms with Crippen molar-refractivity contribution in [3.05, 3.63) is 54.6 Å². The molecule has 2 aromatic rings. The van der Waals surface area contributed by atoms with Crippen LogP contribution in [0.3, 0.4) is 0 Å². The molecule has 1 saturated heterocycles. The fourth-order valence-corrected chi connectivity index (χ4v) is 3.07. The van der Waals surface area contributed by atoms with Gasteiger partial charge in [0, 0.05) is 49.3 Å². The molecule has 132 valence electrons. The number of nitrogens with zero attached hydrogens (tertiary/aromatic N) is 2. The highest BCUT2D eigenvalue weighted by Gasteiger charge is 2.18. The van der Waals surface area contributed by atoms with Crippen molar-refractivity contribution in [2.45, 2.75) is 19.9 Å². The second-order valence-corrected chi connectivity index (χ2v) is 6.61. The molecule has 0 saturated carbocycles. The van der Waals surface area contributed by atoms with Crippen LogP contribution in [0.4, 0.5) is 21.9 Å². The van der Waals surface area contributed by atoms with Gasteiger partial charge in [-0.05, 0) is 50.2 Å². The fraction of sp³-hybridized carbons (Fsp3) is 0.350. The maximum Gasteiger partial charge on any atom is 0.323 e. The number of benzene rings is 2. The average Bonchev–Trinajstić information content (AvgIpc) is 2.63. The van der Waals surface area contributed by atoms with Crippen LogP contribution in [0.5, 0.6) is 0 Å². The van der Waals surface area contributed by atoms with E-state index in [4.69, 9.17) is 0 Å². The number of rotatable bonds is 4. The smallest absolute Gasteiger partial charge is 0.323 e. The van der Waals surface area contributed by atoms with Gasteiger partial charge in [-0.2, -0.15) is 0 Å². The van der Waals surface area contributed by atoms with Crippen LogP contribution in [0.2, 0.25) is 0 Å². The predicted octanol–water partition coefficient (Wildman–Crippen LogP) is 3.86. The summed E-state index contributed by atoms with van der Waals surface area (Å²) in [6.45, 7) is 8.76. The van der Waals surface area contributed by atoms with Crippen molar-refractivity contribution in [2.75, 3.05) is 41.7 Å². The molecule has 0 atom stereocenters. The third kappa shape index (κ3) is 4.73. The van der Waals surface area contributed by atoms with E-state index >= 15 is 0 Å². The van der Waals surface area contributed by atoms with Gasteiger partial charge in [0.15, 0.2) is 0 Å². The van der Waals surface area contributed by atoms with Gasteiger partial charge in [-0.3, -0.25) is 4.90 Å². The van der Waals surface area contributed by atoms with E-state index in [1.807, 2.05) is 42.5 Å². The predicted molar refractivity (Wildman–Crippen MR) is 104 cm³/mol. The minimum absolute atomic E-state index is 0.232. The van der Waals surface area contributed by atoms with E-state index in [1.165, 1.54) is 5.69 Å². The van der Waals surface area contributed by atoms with Crippen molar-refractivity contribution in [3.63, 3.8) is 0 Å². The molecule has 1 heterocycles. The van der Waals surface area contributed by atoms with Crippen LogP contribution in [-0.4, -0.2) is 43.2 Å². The second-order valence-electron chi connectivity index (χ2n) is 6.61. The van der Waals surface area contributed by atoms with Crippen LogP contribution in [0.15, 0.2) is 54.6 Å². The lowest BCUT2D eigenvalue weighted by atomic mass is 10.2. The molecule has 5 nitrogen and oxygen atoms in total. The van der Waals surface area contributed by atoms with E-state index in [0.717, 1.165) is 37.6 Å². The van der Waals surface area contributed by atoms with Crippen molar-refractivity contribution >= 4 is 23.1 Å². The molecule has 2 aromatic carbocycles. The molecule has 1 fully saturated rings. The Morgan fingerprint density at radius 2 is 1.40 bits per heavy atom. The minimum Gasteiger partial charge on any atom is -0.369 e. The Balaban J connectivity index is 1.53. The van der Waals surface area contributed by atoms with Gasteiger partial charge in [0.05, 0.1) is 0 Å². The summed E-state index contributed by atoms with van der Waals surface area (Å²) in [7, 11) is 0. The Hall–Kier alpha value is -2.53. The summed E-state index contributed by atoms with van der Waals surface area (Å²) in [6.07, 6.45) is 0. The number of anilines is 3. The fourth-order valence-electron chi connectivity index (χ4n) is 3.07. The molecule has 2 amide bonds. The van der Waals surface area contributed by atoms with Crippen LogP contribution in [0.1, 0.15) is 13.8 Å². The highest BCUT2D eigenvalue weighted by molar-refractivity contribution is 5.99. The first kappa shape index (κ1) is 17.3. The quantitative estimate of drug-likeness (QED) is 0.890. The number of amides is 2. The molecule has 0 bridgehead atoms. The molecule has 2 N–H and O–H groups in total. The third-order valence-electron chi connectivity index (χ3n) is 4.57. The van der Waals surface area contributed by atoms with Crippen LogP contribution in [0.25, 0.3) is 0 Å². The van der Waals surface area contributed by atoms with Gasteiger partial charge in [0.2, 0.25) is 0 Å². The second kappa shape index (κ2) is 8.03. The molecule has 0 unspecified atom stereocenters. The van der Waals surface area contributed by atoms with Crippen molar-refractivity contribution < 1.29 is 4.79 Å². The molecular weight excluding hydrogens is 312 g/mol. The summed E-state index contributed by atoms with van der Waals surface area (Å²) in [5.74, 6) is 0. The average molecular weight is 338 g/mol. The minimum atomic E-state index is -0.232. The summed E-state index contributed by atoms with van der Waals surface area (Å²) >= 11 is 0. The number of urea groups is 1. The highest BCUT2D eigenvalue weighted by Crippen LogP contribution is 2.20. The first-order valence-electron chi connectivity index (χ1n) is 8.84. The Morgan fingerprint density at radius 3 is 1.96 bits per heavy atom. The largest absolute Gasteiger partial charge is 0.369 e. The molecule has 0 radical (unpaired) electrons. The van der Waals surface area contributed by atoms with E-state index in [0.29, 0.717) is 6.04 Å². The Labute approximate surface area is 149 Å². The van der Waals surface area contributed by atoms with E-state index in [2.05, 4.69) is 46.4 Å². The van der Waals surface area contributed by atoms with E-state index < -0.39 is 0 Å². The third-order valence-corrected chi connectivity index (χ3v) is 4.57. The SMILES string of the molecule is CC(C)N1CCN(c2ccc(NC(=O)Nc3ccccc3)cc2)CC1. The number of carbonyl (C=O) groups is 1. The molecule has 1 aliphatic heterocycles. The van der Waals surface area contributed by atoms with Crippen molar-refractivity contribution in [3.8, 4) is 0 Å². The lowest BCUT2D eigenvalue weighted by molar-refractivity contribution is 0.209. The highest BCUT2D eigenvalue weighted by atomic mass is 16.2. The number of para-hydroxylation sites is 1. The molecule has 0 spiro atoms. The van der Waals surface area contributed by atoms with Gasteiger partial charge in [0.1, 0.15) is 0 Å². The summed E-state index contributed by atoms with van der Waals surface area (Å²) in [5.41, 5.74) is 2.77. The van der Waals surface area contributed by atoms with Crippen LogP contribution < -0.4 is 15.5 Å².